The number of ether oxygens (including phenoxy) is 1. The van der Waals surface area contributed by atoms with E-state index in [2.05, 4.69) is 34.6 Å². The van der Waals surface area contributed by atoms with Gasteiger partial charge < -0.3 is 19.9 Å². The van der Waals surface area contributed by atoms with Crippen molar-refractivity contribution >= 4 is 5.96 Å². The zero-order chi connectivity index (χ0) is 20.7. The molecule has 1 aliphatic heterocycles. The molecule has 0 amide bonds. The van der Waals surface area contributed by atoms with Crippen LogP contribution in [0.2, 0.25) is 0 Å². The van der Waals surface area contributed by atoms with Gasteiger partial charge in [0.2, 0.25) is 0 Å². The maximum Gasteiger partial charge on any atom is 0.191 e. The van der Waals surface area contributed by atoms with Crippen molar-refractivity contribution in [3.05, 3.63) is 53.2 Å². The minimum atomic E-state index is -0.216. The fraction of sp³-hybridized carbons (Fsp3) is 0.545. The van der Waals surface area contributed by atoms with Crippen LogP contribution in [0.15, 0.2) is 39.8 Å². The van der Waals surface area contributed by atoms with Gasteiger partial charge in [0.1, 0.15) is 12.4 Å². The molecule has 1 aliphatic rings. The van der Waals surface area contributed by atoms with Crippen molar-refractivity contribution in [3.8, 4) is 0 Å². The first-order valence-corrected chi connectivity index (χ1v) is 10.3. The van der Waals surface area contributed by atoms with Crippen LogP contribution in [0.1, 0.15) is 56.5 Å². The van der Waals surface area contributed by atoms with E-state index in [-0.39, 0.29) is 11.2 Å². The number of hydrogen-bond acceptors (Lipinski definition) is 4. The van der Waals surface area contributed by atoms with Gasteiger partial charge in [-0.25, -0.2) is 9.38 Å². The third-order valence-corrected chi connectivity index (χ3v) is 5.41. The molecule has 0 radical (unpaired) electrons. The Hall–Kier alpha value is -2.41. The number of hydrogen-bond donors (Lipinski definition) is 2. The number of nitrogens with zero attached hydrogens (tertiary/aromatic N) is 2. The van der Waals surface area contributed by atoms with Gasteiger partial charge in [-0.3, -0.25) is 0 Å². The molecule has 0 saturated carbocycles. The Balaban J connectivity index is 1.71. The van der Waals surface area contributed by atoms with Gasteiger partial charge in [0.15, 0.2) is 11.7 Å². The van der Waals surface area contributed by atoms with Gasteiger partial charge in [-0.2, -0.15) is 0 Å². The molecule has 0 spiro atoms. The van der Waals surface area contributed by atoms with E-state index in [0.717, 1.165) is 42.4 Å². The lowest BCUT2D eigenvalue weighted by atomic mass is 9.74. The van der Waals surface area contributed by atoms with Gasteiger partial charge in [-0.05, 0) is 43.4 Å². The highest BCUT2D eigenvalue weighted by atomic mass is 19.1. The topological polar surface area (TPSA) is 71.7 Å². The molecular formula is C22H31FN4O2. The van der Waals surface area contributed by atoms with Gasteiger partial charge in [0.25, 0.3) is 0 Å². The summed E-state index contributed by atoms with van der Waals surface area (Å²) in [7, 11) is 0. The largest absolute Gasteiger partial charge is 0.381 e. The number of halogens is 1. The van der Waals surface area contributed by atoms with E-state index >= 15 is 0 Å². The Labute approximate surface area is 171 Å². The molecule has 0 bridgehead atoms. The molecule has 0 aliphatic carbocycles. The number of aliphatic imine (C=N–C) groups is 1. The average Bonchev–Trinajstić information content (AvgIpc) is 3.21. The lowest BCUT2D eigenvalue weighted by Gasteiger charge is -2.38. The van der Waals surface area contributed by atoms with Crippen molar-refractivity contribution < 1.29 is 13.7 Å². The van der Waals surface area contributed by atoms with E-state index in [1.165, 1.54) is 12.1 Å². The second-order valence-electron chi connectivity index (χ2n) is 7.82. The van der Waals surface area contributed by atoms with E-state index in [1.54, 1.807) is 0 Å². The maximum absolute atomic E-state index is 13.4. The molecule has 158 valence electrons. The molecule has 2 N–H and O–H groups in total. The van der Waals surface area contributed by atoms with Gasteiger partial charge >= 0.3 is 0 Å². The van der Waals surface area contributed by atoms with Gasteiger partial charge in [-0.1, -0.05) is 31.1 Å². The molecule has 1 aromatic heterocycles. The van der Waals surface area contributed by atoms with Crippen LogP contribution in [0.25, 0.3) is 0 Å². The summed E-state index contributed by atoms with van der Waals surface area (Å²) in [4.78, 5) is 4.65. The molecule has 0 atom stereocenters. The van der Waals surface area contributed by atoms with Crippen molar-refractivity contribution in [2.24, 2.45) is 4.99 Å². The normalized spacial score (nSPS) is 16.8. The summed E-state index contributed by atoms with van der Waals surface area (Å²) in [5.74, 6) is 1.58. The van der Waals surface area contributed by atoms with E-state index in [0.29, 0.717) is 32.2 Å². The number of aromatic nitrogens is 1. The number of nitrogens with one attached hydrogen (secondary N) is 2. The van der Waals surface area contributed by atoms with Crippen molar-refractivity contribution in [2.75, 3.05) is 26.3 Å². The molecule has 1 aromatic carbocycles. The van der Waals surface area contributed by atoms with Crippen molar-refractivity contribution in [2.45, 2.75) is 51.5 Å². The molecule has 3 rings (SSSR count). The highest BCUT2D eigenvalue weighted by Gasteiger charge is 2.34. The molecule has 2 aromatic rings. The summed E-state index contributed by atoms with van der Waals surface area (Å²) in [6, 6.07) is 8.78. The average molecular weight is 403 g/mol. The Morgan fingerprint density at radius 1 is 1.21 bits per heavy atom. The molecular weight excluding hydrogens is 371 g/mol. The monoisotopic (exact) mass is 402 g/mol. The van der Waals surface area contributed by atoms with E-state index in [1.807, 2.05) is 25.1 Å². The van der Waals surface area contributed by atoms with Crippen molar-refractivity contribution in [1.29, 1.82) is 0 Å². The lowest BCUT2D eigenvalue weighted by molar-refractivity contribution is 0.0513. The van der Waals surface area contributed by atoms with Crippen LogP contribution in [-0.2, 0) is 16.7 Å². The van der Waals surface area contributed by atoms with Crippen LogP contribution in [0.4, 0.5) is 4.39 Å². The summed E-state index contributed by atoms with van der Waals surface area (Å²) in [6.45, 7) is 9.46. The van der Waals surface area contributed by atoms with Crippen LogP contribution < -0.4 is 10.6 Å². The third kappa shape index (κ3) is 5.56. The smallest absolute Gasteiger partial charge is 0.191 e. The second kappa shape index (κ2) is 9.87. The molecule has 6 nitrogen and oxygen atoms in total. The van der Waals surface area contributed by atoms with Gasteiger partial charge in [0.05, 0.1) is 5.69 Å². The van der Waals surface area contributed by atoms with Crippen LogP contribution in [0.5, 0.6) is 0 Å². The Kier molecular flexibility index (Phi) is 7.25. The van der Waals surface area contributed by atoms with E-state index in [9.17, 15) is 4.39 Å². The summed E-state index contributed by atoms with van der Waals surface area (Å²) in [6.07, 6.45) is 1.76. The first-order valence-electron chi connectivity index (χ1n) is 10.3. The summed E-state index contributed by atoms with van der Waals surface area (Å²) >= 11 is 0. The standard InChI is InChI=1S/C22H31FN4O2/c1-4-24-21(25-14-19-13-20(16(2)3)27-29-19)26-15-22(9-11-28-12-10-22)17-5-7-18(23)8-6-17/h5-8,13,16H,4,9-12,14-15H2,1-3H3,(H2,24,25,26). The fourth-order valence-corrected chi connectivity index (χ4v) is 3.56. The zero-order valence-electron chi connectivity index (χ0n) is 17.5. The minimum Gasteiger partial charge on any atom is -0.381 e. The van der Waals surface area contributed by atoms with E-state index in [4.69, 9.17) is 9.26 Å². The Morgan fingerprint density at radius 2 is 1.93 bits per heavy atom. The summed E-state index contributed by atoms with van der Waals surface area (Å²) in [5, 5.41) is 10.8. The molecule has 2 heterocycles. The van der Waals surface area contributed by atoms with Crippen LogP contribution >= 0.6 is 0 Å². The maximum atomic E-state index is 13.4. The number of rotatable bonds is 7. The van der Waals surface area contributed by atoms with E-state index < -0.39 is 0 Å². The molecule has 1 saturated heterocycles. The quantitative estimate of drug-likeness (QED) is 0.545. The third-order valence-electron chi connectivity index (χ3n) is 5.41. The predicted molar refractivity (Wildman–Crippen MR) is 112 cm³/mol. The molecule has 7 heteroatoms. The highest BCUT2D eigenvalue weighted by molar-refractivity contribution is 5.79. The Morgan fingerprint density at radius 3 is 2.55 bits per heavy atom. The Bertz CT molecular complexity index is 795. The lowest BCUT2D eigenvalue weighted by Crippen LogP contribution is -2.48. The fourth-order valence-electron chi connectivity index (χ4n) is 3.56. The van der Waals surface area contributed by atoms with Crippen LogP contribution in [-0.4, -0.2) is 37.4 Å². The minimum absolute atomic E-state index is 0.112. The summed E-state index contributed by atoms with van der Waals surface area (Å²) < 4.78 is 24.4. The predicted octanol–water partition coefficient (Wildman–Crippen LogP) is 3.74. The SMILES string of the molecule is CCNC(=NCc1cc(C(C)C)no1)NCC1(c2ccc(F)cc2)CCOCC1. The van der Waals surface area contributed by atoms with Gasteiger partial charge in [-0.15, -0.1) is 0 Å². The van der Waals surface area contributed by atoms with Crippen LogP contribution in [0, 0.1) is 5.82 Å². The van der Waals surface area contributed by atoms with Crippen molar-refractivity contribution in [3.63, 3.8) is 0 Å². The first-order chi connectivity index (χ1) is 14.0. The second-order valence-corrected chi connectivity index (χ2v) is 7.82. The highest BCUT2D eigenvalue weighted by Crippen LogP contribution is 2.34. The molecule has 1 fully saturated rings. The molecule has 29 heavy (non-hydrogen) atoms. The van der Waals surface area contributed by atoms with Crippen molar-refractivity contribution in [1.82, 2.24) is 15.8 Å². The zero-order valence-corrected chi connectivity index (χ0v) is 17.5. The van der Waals surface area contributed by atoms with Crippen LogP contribution in [0.3, 0.4) is 0 Å². The number of guanidine groups is 1. The summed E-state index contributed by atoms with van der Waals surface area (Å²) in [5.41, 5.74) is 1.95. The number of benzene rings is 1. The first kappa shape index (κ1) is 21.3. The van der Waals surface area contributed by atoms with Gasteiger partial charge in [0, 0.05) is 37.8 Å². The molecule has 0 unspecified atom stereocenters.